The van der Waals surface area contributed by atoms with Crippen molar-refractivity contribution in [3.05, 3.63) is 34.9 Å². The Kier molecular flexibility index (Phi) is 6.67. The van der Waals surface area contributed by atoms with Crippen LogP contribution in [0.1, 0.15) is 77.4 Å². The van der Waals surface area contributed by atoms with E-state index in [0.717, 1.165) is 25.7 Å². The molecule has 0 heterocycles. The highest BCUT2D eigenvalue weighted by molar-refractivity contribution is 6.30. The van der Waals surface area contributed by atoms with Crippen molar-refractivity contribution in [2.24, 2.45) is 46.3 Å². The van der Waals surface area contributed by atoms with Crippen LogP contribution in [0.4, 0.5) is 0 Å². The van der Waals surface area contributed by atoms with Crippen molar-refractivity contribution in [2.45, 2.75) is 90.1 Å². The Morgan fingerprint density at radius 1 is 0.971 bits per heavy atom. The molecule has 1 aromatic carbocycles. The van der Waals surface area contributed by atoms with Crippen LogP contribution in [0.3, 0.4) is 0 Å². The molecule has 0 radical (unpaired) electrons. The molecular weight excluding hydrogens is 464 g/mol. The molecule has 194 valence electrons. The quantitative estimate of drug-likeness (QED) is 0.482. The van der Waals surface area contributed by atoms with E-state index in [-0.39, 0.29) is 34.4 Å². The van der Waals surface area contributed by atoms with Gasteiger partial charge in [-0.05, 0) is 96.6 Å². The molecule has 0 aliphatic heterocycles. The van der Waals surface area contributed by atoms with E-state index in [9.17, 15) is 25.2 Å². The topological polar surface area (TPSA) is 98.0 Å². The van der Waals surface area contributed by atoms with Gasteiger partial charge in [-0.1, -0.05) is 44.5 Å². The maximum atomic E-state index is 13.4. The van der Waals surface area contributed by atoms with Crippen molar-refractivity contribution in [1.29, 1.82) is 0 Å². The monoisotopic (exact) mass is 504 g/mol. The lowest BCUT2D eigenvalue weighted by molar-refractivity contribution is -0.174. The van der Waals surface area contributed by atoms with Gasteiger partial charge in [0.15, 0.2) is 0 Å². The van der Waals surface area contributed by atoms with Gasteiger partial charge in [0.05, 0.1) is 18.3 Å². The molecular formula is C29H41ClO5. The van der Waals surface area contributed by atoms with Crippen LogP contribution in [0.2, 0.25) is 5.02 Å². The average Bonchev–Trinajstić information content (AvgIpc) is 3.17. The Hall–Kier alpha value is -0.980. The smallest absolute Gasteiger partial charge is 0.136 e. The summed E-state index contributed by atoms with van der Waals surface area (Å²) >= 11 is 6.00. The van der Waals surface area contributed by atoms with E-state index < -0.39 is 24.4 Å². The molecule has 4 aliphatic carbocycles. The summed E-state index contributed by atoms with van der Waals surface area (Å²) in [4.78, 5) is 13.4. The highest BCUT2D eigenvalue weighted by Crippen LogP contribution is 2.68. The molecule has 6 heteroatoms. The molecule has 4 aliphatic rings. The molecule has 5 rings (SSSR count). The van der Waals surface area contributed by atoms with Gasteiger partial charge in [0.1, 0.15) is 11.9 Å². The van der Waals surface area contributed by atoms with Crippen LogP contribution in [0.5, 0.6) is 0 Å². The number of halogens is 1. The molecule has 4 saturated carbocycles. The molecule has 0 aromatic heterocycles. The van der Waals surface area contributed by atoms with Crippen LogP contribution in [0.25, 0.3) is 0 Å². The summed E-state index contributed by atoms with van der Waals surface area (Å²) in [5, 5.41) is 43.5. The Labute approximate surface area is 213 Å². The number of rotatable bonds is 4. The number of carbonyl (C=O) groups excluding carboxylic acids is 1. The second-order valence-electron chi connectivity index (χ2n) is 12.8. The Bertz CT molecular complexity index is 951. The van der Waals surface area contributed by atoms with Crippen molar-refractivity contribution >= 4 is 17.4 Å². The Balaban J connectivity index is 1.36. The van der Waals surface area contributed by atoms with Crippen LogP contribution in [0, 0.1) is 46.3 Å². The molecule has 4 fully saturated rings. The van der Waals surface area contributed by atoms with Crippen molar-refractivity contribution in [3.8, 4) is 0 Å². The van der Waals surface area contributed by atoms with Crippen molar-refractivity contribution in [3.63, 3.8) is 0 Å². The molecule has 0 unspecified atom stereocenters. The SMILES string of the molecule is C[C@H]([C@H](O)[C@@H](O)c1ccc(Cl)cc1)[C@H]1CC[C@H]2[C@@H]3CC(=O)[C@H]4C[C@H](O)[C@H](O)C[C@]4(C)[C@H]3CC[C@]12C. The summed E-state index contributed by atoms with van der Waals surface area (Å²) in [6.45, 7) is 6.60. The predicted octanol–water partition coefficient (Wildman–Crippen LogP) is 4.54. The van der Waals surface area contributed by atoms with Crippen molar-refractivity contribution < 1.29 is 25.2 Å². The minimum Gasteiger partial charge on any atom is -0.390 e. The molecule has 4 N–H and O–H groups in total. The van der Waals surface area contributed by atoms with E-state index in [4.69, 9.17) is 11.6 Å². The van der Waals surface area contributed by atoms with Crippen molar-refractivity contribution in [1.82, 2.24) is 0 Å². The van der Waals surface area contributed by atoms with E-state index in [1.165, 1.54) is 0 Å². The van der Waals surface area contributed by atoms with Crippen molar-refractivity contribution in [2.75, 3.05) is 0 Å². The Morgan fingerprint density at radius 3 is 2.31 bits per heavy atom. The maximum Gasteiger partial charge on any atom is 0.136 e. The summed E-state index contributed by atoms with van der Waals surface area (Å²) in [6, 6.07) is 7.02. The number of benzene rings is 1. The zero-order chi connectivity index (χ0) is 25.3. The fourth-order valence-electron chi connectivity index (χ4n) is 9.36. The fourth-order valence-corrected chi connectivity index (χ4v) is 9.48. The van der Waals surface area contributed by atoms with Gasteiger partial charge in [0.25, 0.3) is 0 Å². The second-order valence-corrected chi connectivity index (χ2v) is 13.2. The summed E-state index contributed by atoms with van der Waals surface area (Å²) in [5.74, 6) is 1.37. The van der Waals surface area contributed by atoms with Crippen LogP contribution in [-0.4, -0.2) is 44.5 Å². The minimum absolute atomic E-state index is 0.0115. The van der Waals surface area contributed by atoms with Gasteiger partial charge in [-0.2, -0.15) is 0 Å². The minimum atomic E-state index is -0.965. The Morgan fingerprint density at radius 2 is 1.63 bits per heavy atom. The van der Waals surface area contributed by atoms with Crippen LogP contribution >= 0.6 is 11.6 Å². The highest BCUT2D eigenvalue weighted by Gasteiger charge is 2.63. The van der Waals surface area contributed by atoms with Gasteiger partial charge >= 0.3 is 0 Å². The van der Waals surface area contributed by atoms with Gasteiger partial charge in [0.2, 0.25) is 0 Å². The third-order valence-corrected chi connectivity index (χ3v) is 11.5. The summed E-state index contributed by atoms with van der Waals surface area (Å²) < 4.78 is 0. The predicted molar refractivity (Wildman–Crippen MR) is 135 cm³/mol. The summed E-state index contributed by atoms with van der Waals surface area (Å²) in [6.07, 6.45) is 2.15. The number of Topliss-reactive ketones (excluding diaryl/α,β-unsaturated/α-hetero) is 1. The lowest BCUT2D eigenvalue weighted by Gasteiger charge is -2.61. The van der Waals surface area contributed by atoms with Crippen LogP contribution in [0.15, 0.2) is 24.3 Å². The van der Waals surface area contributed by atoms with E-state index >= 15 is 0 Å². The first-order valence-electron chi connectivity index (χ1n) is 13.5. The number of carbonyl (C=O) groups is 1. The first-order chi connectivity index (χ1) is 16.5. The highest BCUT2D eigenvalue weighted by atomic mass is 35.5. The van der Waals surface area contributed by atoms with Crippen LogP contribution in [-0.2, 0) is 4.79 Å². The molecule has 5 nitrogen and oxygen atoms in total. The second kappa shape index (κ2) is 9.09. The molecule has 0 saturated heterocycles. The maximum absolute atomic E-state index is 13.4. The average molecular weight is 505 g/mol. The van der Waals surface area contributed by atoms with Gasteiger partial charge < -0.3 is 20.4 Å². The molecule has 0 spiro atoms. The third-order valence-electron chi connectivity index (χ3n) is 11.3. The van der Waals surface area contributed by atoms with E-state index in [1.807, 2.05) is 0 Å². The lowest BCUT2D eigenvalue weighted by Crippen LogP contribution is -2.59. The van der Waals surface area contributed by atoms with E-state index in [2.05, 4.69) is 20.8 Å². The summed E-state index contributed by atoms with van der Waals surface area (Å²) in [7, 11) is 0. The third kappa shape index (κ3) is 4.01. The molecule has 0 bridgehead atoms. The normalized spacial score (nSPS) is 45.7. The molecule has 35 heavy (non-hydrogen) atoms. The lowest BCUT2D eigenvalue weighted by atomic mass is 9.44. The first kappa shape index (κ1) is 25.7. The zero-order valence-electron chi connectivity index (χ0n) is 21.1. The number of fused-ring (bicyclic) bond motifs is 5. The standard InChI is InChI=1S/C29H41ClO5/c1-15(26(34)27(35)16-4-6-17(30)7-5-16)19-8-9-20-18-12-23(31)22-13-24(32)25(33)14-29(22,3)21(18)10-11-28(19,20)2/h4-7,15,18-22,24-27,32-35H,8-14H2,1-3H3/t15-,18-,19+,20-,21-,22+,24-,25+,26-,27-,28+,29+/m0/s1. The number of aliphatic hydroxyl groups is 4. The number of hydrogen-bond acceptors (Lipinski definition) is 5. The fraction of sp³-hybridized carbons (Fsp3) is 0.759. The number of ketones is 1. The number of hydrogen-bond donors (Lipinski definition) is 4. The molecule has 12 atom stereocenters. The van der Waals surface area contributed by atoms with Crippen LogP contribution < -0.4 is 0 Å². The first-order valence-corrected chi connectivity index (χ1v) is 13.9. The van der Waals surface area contributed by atoms with Gasteiger partial charge in [-0.25, -0.2) is 0 Å². The molecule has 1 aromatic rings. The largest absolute Gasteiger partial charge is 0.390 e. The molecule has 0 amide bonds. The van der Waals surface area contributed by atoms with Gasteiger partial charge in [-0.15, -0.1) is 0 Å². The summed E-state index contributed by atoms with van der Waals surface area (Å²) in [5.41, 5.74) is 0.429. The number of aliphatic hydroxyl groups excluding tert-OH is 4. The van der Waals surface area contributed by atoms with Gasteiger partial charge in [-0.3, -0.25) is 4.79 Å². The van der Waals surface area contributed by atoms with Gasteiger partial charge in [0, 0.05) is 17.4 Å². The zero-order valence-corrected chi connectivity index (χ0v) is 21.9. The van der Waals surface area contributed by atoms with E-state index in [0.29, 0.717) is 47.6 Å². The van der Waals surface area contributed by atoms with E-state index in [1.54, 1.807) is 24.3 Å².